The van der Waals surface area contributed by atoms with Crippen molar-refractivity contribution in [3.63, 3.8) is 0 Å². The predicted molar refractivity (Wildman–Crippen MR) is 69.3 cm³/mol. The van der Waals surface area contributed by atoms with Crippen LogP contribution in [0.15, 0.2) is 9.52 Å². The highest BCUT2D eigenvalue weighted by Gasteiger charge is 2.20. The van der Waals surface area contributed by atoms with Gasteiger partial charge in [0, 0.05) is 31.7 Å². The van der Waals surface area contributed by atoms with Gasteiger partial charge < -0.3 is 9.84 Å². The SMILES string of the molecule is Cc1nc(CCN=C2NC(C)C(C)CS2)no1. The number of nitrogens with one attached hydrogen (secondary N) is 1. The largest absolute Gasteiger partial charge is 0.362 e. The molecular weight excluding hydrogens is 236 g/mol. The minimum absolute atomic E-state index is 0.502. The Bertz CT molecular complexity index is 404. The first-order valence-electron chi connectivity index (χ1n) is 5.88. The summed E-state index contributed by atoms with van der Waals surface area (Å²) in [5, 5.41) is 8.29. The van der Waals surface area contributed by atoms with Crippen LogP contribution in [-0.4, -0.2) is 33.6 Å². The van der Waals surface area contributed by atoms with Gasteiger partial charge in [-0.3, -0.25) is 4.99 Å². The first-order chi connectivity index (χ1) is 8.15. The number of nitrogens with zero attached hydrogens (tertiary/aromatic N) is 3. The summed E-state index contributed by atoms with van der Waals surface area (Å²) in [6, 6.07) is 0.502. The lowest BCUT2D eigenvalue weighted by Gasteiger charge is -2.28. The van der Waals surface area contributed by atoms with Gasteiger partial charge in [0.15, 0.2) is 11.0 Å². The summed E-state index contributed by atoms with van der Waals surface area (Å²) in [6.07, 6.45) is 0.729. The van der Waals surface area contributed by atoms with Crippen LogP contribution in [0.25, 0.3) is 0 Å². The summed E-state index contributed by atoms with van der Waals surface area (Å²) in [6.45, 7) is 6.95. The highest BCUT2D eigenvalue weighted by atomic mass is 32.2. The Kier molecular flexibility index (Phi) is 4.04. The average Bonchev–Trinajstić information content (AvgIpc) is 2.70. The predicted octanol–water partition coefficient (Wildman–Crippen LogP) is 1.64. The van der Waals surface area contributed by atoms with Crippen molar-refractivity contribution >= 4 is 16.9 Å². The van der Waals surface area contributed by atoms with Crippen molar-refractivity contribution < 1.29 is 4.52 Å². The van der Waals surface area contributed by atoms with E-state index in [1.54, 1.807) is 18.7 Å². The van der Waals surface area contributed by atoms with Gasteiger partial charge in [-0.25, -0.2) is 0 Å². The standard InChI is InChI=1S/C11H18N4OS/c1-7-6-17-11(13-8(7)2)12-5-4-10-14-9(3)16-15-10/h7-8H,4-6H2,1-3H3,(H,12,13). The van der Waals surface area contributed by atoms with E-state index in [-0.39, 0.29) is 0 Å². The van der Waals surface area contributed by atoms with Crippen LogP contribution in [0.4, 0.5) is 0 Å². The van der Waals surface area contributed by atoms with Gasteiger partial charge >= 0.3 is 0 Å². The van der Waals surface area contributed by atoms with Crippen LogP contribution >= 0.6 is 11.8 Å². The van der Waals surface area contributed by atoms with Gasteiger partial charge in [-0.2, -0.15) is 4.98 Å². The molecule has 0 amide bonds. The summed E-state index contributed by atoms with van der Waals surface area (Å²) in [4.78, 5) is 8.67. The zero-order valence-corrected chi connectivity index (χ0v) is 11.3. The molecule has 1 fully saturated rings. The molecule has 6 heteroatoms. The molecule has 5 nitrogen and oxygen atoms in total. The van der Waals surface area contributed by atoms with E-state index in [1.165, 1.54) is 0 Å². The van der Waals surface area contributed by atoms with Crippen molar-refractivity contribution in [1.82, 2.24) is 15.5 Å². The molecule has 2 unspecified atom stereocenters. The van der Waals surface area contributed by atoms with Gasteiger partial charge in [-0.1, -0.05) is 23.8 Å². The molecule has 1 saturated heterocycles. The maximum absolute atomic E-state index is 4.91. The molecule has 2 atom stereocenters. The Labute approximate surface area is 105 Å². The number of hydrogen-bond acceptors (Lipinski definition) is 5. The first-order valence-corrected chi connectivity index (χ1v) is 6.86. The zero-order valence-electron chi connectivity index (χ0n) is 10.4. The van der Waals surface area contributed by atoms with Crippen LogP contribution in [0.2, 0.25) is 0 Å². The quantitative estimate of drug-likeness (QED) is 0.888. The second kappa shape index (κ2) is 5.53. The van der Waals surface area contributed by atoms with Crippen molar-refractivity contribution in [2.45, 2.75) is 33.2 Å². The molecule has 2 rings (SSSR count). The molecular formula is C11H18N4OS. The molecule has 2 heterocycles. The highest BCUT2D eigenvalue weighted by Crippen LogP contribution is 2.19. The lowest BCUT2D eigenvalue weighted by molar-refractivity contribution is 0.387. The van der Waals surface area contributed by atoms with E-state index in [2.05, 4.69) is 34.3 Å². The summed E-state index contributed by atoms with van der Waals surface area (Å²) in [5.41, 5.74) is 0. The summed E-state index contributed by atoms with van der Waals surface area (Å²) >= 11 is 1.79. The molecule has 17 heavy (non-hydrogen) atoms. The van der Waals surface area contributed by atoms with E-state index < -0.39 is 0 Å². The van der Waals surface area contributed by atoms with Crippen molar-refractivity contribution in [3.8, 4) is 0 Å². The molecule has 0 saturated carbocycles. The summed E-state index contributed by atoms with van der Waals surface area (Å²) in [5.74, 6) is 3.17. The van der Waals surface area contributed by atoms with Crippen LogP contribution in [0.1, 0.15) is 25.6 Å². The zero-order chi connectivity index (χ0) is 12.3. The Morgan fingerprint density at radius 1 is 1.53 bits per heavy atom. The Hall–Kier alpha value is -1.04. The maximum atomic E-state index is 4.91. The second-order valence-corrected chi connectivity index (χ2v) is 5.40. The molecule has 1 aromatic rings. The van der Waals surface area contributed by atoms with Crippen molar-refractivity contribution in [3.05, 3.63) is 11.7 Å². The van der Waals surface area contributed by atoms with E-state index in [0.717, 1.165) is 23.2 Å². The number of rotatable bonds is 3. The van der Waals surface area contributed by atoms with Gasteiger partial charge in [0.1, 0.15) is 0 Å². The topological polar surface area (TPSA) is 63.3 Å². The third-order valence-corrected chi connectivity index (χ3v) is 4.06. The van der Waals surface area contributed by atoms with Gasteiger partial charge in [0.25, 0.3) is 0 Å². The van der Waals surface area contributed by atoms with Crippen molar-refractivity contribution in [2.75, 3.05) is 12.3 Å². The average molecular weight is 254 g/mol. The van der Waals surface area contributed by atoms with E-state index in [4.69, 9.17) is 4.52 Å². The van der Waals surface area contributed by atoms with E-state index in [1.807, 2.05) is 0 Å². The number of hydrogen-bond donors (Lipinski definition) is 1. The minimum Gasteiger partial charge on any atom is -0.362 e. The highest BCUT2D eigenvalue weighted by molar-refractivity contribution is 8.13. The molecule has 1 aliphatic heterocycles. The fourth-order valence-corrected chi connectivity index (χ4v) is 2.69. The van der Waals surface area contributed by atoms with Crippen LogP contribution in [0.5, 0.6) is 0 Å². The summed E-state index contributed by atoms with van der Waals surface area (Å²) < 4.78 is 4.91. The lowest BCUT2D eigenvalue weighted by Crippen LogP contribution is -2.41. The molecule has 0 spiro atoms. The van der Waals surface area contributed by atoms with Crippen molar-refractivity contribution in [2.24, 2.45) is 10.9 Å². The van der Waals surface area contributed by atoms with Gasteiger partial charge in [-0.15, -0.1) is 0 Å². The number of aromatic nitrogens is 2. The Balaban J connectivity index is 1.81. The second-order valence-electron chi connectivity index (χ2n) is 4.39. The molecule has 0 radical (unpaired) electrons. The lowest BCUT2D eigenvalue weighted by atomic mass is 10.1. The Morgan fingerprint density at radius 2 is 2.35 bits per heavy atom. The number of thioether (sulfide) groups is 1. The van der Waals surface area contributed by atoms with Gasteiger partial charge in [0.05, 0.1) is 0 Å². The Morgan fingerprint density at radius 3 is 3.00 bits per heavy atom. The molecule has 0 aromatic carbocycles. The minimum atomic E-state index is 0.502. The maximum Gasteiger partial charge on any atom is 0.223 e. The molecule has 1 aliphatic rings. The molecule has 0 bridgehead atoms. The first kappa shape index (κ1) is 12.4. The van der Waals surface area contributed by atoms with E-state index in [9.17, 15) is 0 Å². The third-order valence-electron chi connectivity index (χ3n) is 2.85. The molecule has 1 aromatic heterocycles. The fourth-order valence-electron chi connectivity index (χ4n) is 1.52. The number of aryl methyl sites for hydroxylation is 1. The number of aliphatic imine (C=N–C) groups is 1. The normalized spacial score (nSPS) is 27.1. The smallest absolute Gasteiger partial charge is 0.223 e. The van der Waals surface area contributed by atoms with Gasteiger partial charge in [-0.05, 0) is 12.8 Å². The molecule has 1 N–H and O–H groups in total. The fraction of sp³-hybridized carbons (Fsp3) is 0.727. The third kappa shape index (κ3) is 3.46. The van der Waals surface area contributed by atoms with Crippen LogP contribution in [0, 0.1) is 12.8 Å². The molecule has 94 valence electrons. The van der Waals surface area contributed by atoms with Crippen LogP contribution < -0.4 is 5.32 Å². The van der Waals surface area contributed by atoms with Gasteiger partial charge in [0.2, 0.25) is 5.89 Å². The van der Waals surface area contributed by atoms with Crippen LogP contribution in [-0.2, 0) is 6.42 Å². The number of amidine groups is 1. The van der Waals surface area contributed by atoms with E-state index in [0.29, 0.717) is 24.4 Å². The molecule has 0 aliphatic carbocycles. The van der Waals surface area contributed by atoms with E-state index >= 15 is 0 Å². The van der Waals surface area contributed by atoms with Crippen LogP contribution in [0.3, 0.4) is 0 Å². The van der Waals surface area contributed by atoms with Crippen molar-refractivity contribution in [1.29, 1.82) is 0 Å². The monoisotopic (exact) mass is 254 g/mol. The summed E-state index contributed by atoms with van der Waals surface area (Å²) in [7, 11) is 0.